The van der Waals surface area contributed by atoms with Crippen molar-refractivity contribution in [3.63, 3.8) is 0 Å². The third-order valence-electron chi connectivity index (χ3n) is 2.39. The minimum absolute atomic E-state index is 0.0392. The van der Waals surface area contributed by atoms with Crippen molar-refractivity contribution in [1.29, 1.82) is 0 Å². The molecule has 0 spiro atoms. The Morgan fingerprint density at radius 1 is 1.41 bits per heavy atom. The van der Waals surface area contributed by atoms with E-state index < -0.39 is 9.76 Å². The van der Waals surface area contributed by atoms with E-state index >= 15 is 0 Å². The first-order valence-electron chi connectivity index (χ1n) is 4.83. The molecular weight excluding hydrogens is 267 g/mol. The van der Waals surface area contributed by atoms with Crippen LogP contribution in [0.15, 0.2) is 29.4 Å². The predicted octanol–water partition coefficient (Wildman–Crippen LogP) is 2.89. The smallest absolute Gasteiger partial charge is 0.269 e. The Bertz CT molecular complexity index is 459. The first kappa shape index (κ1) is 12.1. The molecule has 2 rings (SSSR count). The van der Waals surface area contributed by atoms with Crippen LogP contribution in [0.25, 0.3) is 0 Å². The Labute approximate surface area is 107 Å². The maximum absolute atomic E-state index is 10.5. The third kappa shape index (κ3) is 2.68. The molecule has 0 N–H and O–H groups in total. The van der Waals surface area contributed by atoms with E-state index in [0.29, 0.717) is 12.1 Å². The predicted molar refractivity (Wildman–Crippen MR) is 64.6 cm³/mol. The Hall–Kier alpha value is -1.33. The topological polar surface area (TPSA) is 64.7 Å². The zero-order valence-electron chi connectivity index (χ0n) is 8.55. The second-order valence-corrected chi connectivity index (χ2v) is 4.69. The number of oxime groups is 1. The van der Waals surface area contributed by atoms with Gasteiger partial charge in [-0.3, -0.25) is 10.1 Å². The number of hydrogen-bond donors (Lipinski definition) is 0. The molecule has 1 aliphatic rings. The van der Waals surface area contributed by atoms with Crippen LogP contribution in [0.4, 0.5) is 5.69 Å². The lowest BCUT2D eigenvalue weighted by atomic mass is 10.1. The van der Waals surface area contributed by atoms with E-state index in [1.54, 1.807) is 12.1 Å². The van der Waals surface area contributed by atoms with Crippen LogP contribution in [0.5, 0.6) is 0 Å². The zero-order valence-corrected chi connectivity index (χ0v) is 10.1. The van der Waals surface area contributed by atoms with Crippen LogP contribution >= 0.6 is 23.2 Å². The van der Waals surface area contributed by atoms with Gasteiger partial charge in [0.2, 0.25) is 0 Å². The highest BCUT2D eigenvalue weighted by Gasteiger charge is 2.27. The van der Waals surface area contributed by atoms with Gasteiger partial charge < -0.3 is 4.84 Å². The number of nitro benzene ring substituents is 1. The minimum atomic E-state index is -0.644. The van der Waals surface area contributed by atoms with Crippen LogP contribution in [0, 0.1) is 10.1 Å². The summed E-state index contributed by atoms with van der Waals surface area (Å²) in [5.74, 6) is 0. The summed E-state index contributed by atoms with van der Waals surface area (Å²) in [5, 5.41) is 14.4. The van der Waals surface area contributed by atoms with E-state index in [0.717, 1.165) is 5.56 Å². The van der Waals surface area contributed by atoms with E-state index in [-0.39, 0.29) is 11.8 Å². The van der Waals surface area contributed by atoms with Crippen LogP contribution < -0.4 is 0 Å². The molecule has 90 valence electrons. The number of nitro groups is 1. The lowest BCUT2D eigenvalue weighted by Gasteiger charge is -2.07. The van der Waals surface area contributed by atoms with Crippen LogP contribution in [0.2, 0.25) is 0 Å². The van der Waals surface area contributed by atoms with Gasteiger partial charge in [0.25, 0.3) is 5.69 Å². The summed E-state index contributed by atoms with van der Waals surface area (Å²) in [4.78, 5) is 14.4. The van der Waals surface area contributed by atoms with Gasteiger partial charge in [0.1, 0.15) is 4.84 Å². The van der Waals surface area contributed by atoms with Gasteiger partial charge >= 0.3 is 0 Å². The molecule has 1 heterocycles. The molecule has 1 aliphatic heterocycles. The van der Waals surface area contributed by atoms with E-state index in [1.807, 2.05) is 0 Å². The van der Waals surface area contributed by atoms with E-state index in [9.17, 15) is 10.1 Å². The molecule has 0 saturated heterocycles. The van der Waals surface area contributed by atoms with Crippen LogP contribution in [-0.2, 0) is 4.84 Å². The number of non-ortho nitro benzene ring substituents is 1. The van der Waals surface area contributed by atoms with Crippen molar-refractivity contribution in [3.05, 3.63) is 39.9 Å². The summed E-state index contributed by atoms with van der Waals surface area (Å²) in [6.45, 7) is 0. The summed E-state index contributed by atoms with van der Waals surface area (Å²) in [6, 6.07) is 6.09. The lowest BCUT2D eigenvalue weighted by Crippen LogP contribution is -2.16. The molecule has 0 aliphatic carbocycles. The molecule has 5 nitrogen and oxygen atoms in total. The van der Waals surface area contributed by atoms with Gasteiger partial charge in [0, 0.05) is 18.6 Å². The lowest BCUT2D eigenvalue weighted by molar-refractivity contribution is -0.384. The van der Waals surface area contributed by atoms with Gasteiger partial charge in [-0.2, -0.15) is 0 Å². The molecule has 1 atom stereocenters. The second-order valence-electron chi connectivity index (χ2n) is 3.52. The molecule has 7 heteroatoms. The number of rotatable bonds is 3. The first-order chi connectivity index (χ1) is 8.08. The van der Waals surface area contributed by atoms with Gasteiger partial charge in [0.05, 0.1) is 10.6 Å². The van der Waals surface area contributed by atoms with Gasteiger partial charge in [-0.25, -0.2) is 0 Å². The van der Waals surface area contributed by atoms with Crippen LogP contribution in [-0.4, -0.2) is 21.6 Å². The van der Waals surface area contributed by atoms with Crippen molar-refractivity contribution in [3.8, 4) is 0 Å². The second kappa shape index (κ2) is 4.89. The maximum atomic E-state index is 10.5. The summed E-state index contributed by atoms with van der Waals surface area (Å²) >= 11 is 11.4. The Morgan fingerprint density at radius 2 is 2.06 bits per heavy atom. The minimum Gasteiger partial charge on any atom is -0.389 e. The largest absolute Gasteiger partial charge is 0.389 e. The summed E-state index contributed by atoms with van der Waals surface area (Å²) < 4.78 is 0. The molecule has 17 heavy (non-hydrogen) atoms. The molecular formula is C10H8Cl2N2O3. The van der Waals surface area contributed by atoms with Crippen molar-refractivity contribution in [2.24, 2.45) is 5.16 Å². The van der Waals surface area contributed by atoms with Gasteiger partial charge in [0.15, 0.2) is 6.10 Å². The van der Waals surface area contributed by atoms with Crippen LogP contribution in [0.3, 0.4) is 0 Å². The maximum Gasteiger partial charge on any atom is 0.269 e. The fraction of sp³-hybridized carbons (Fsp3) is 0.300. The Morgan fingerprint density at radius 3 is 2.53 bits per heavy atom. The molecule has 0 saturated carbocycles. The standard InChI is InChI=1S/C10H8Cl2N2O3/c11-10(12)9-5-8(13-17-9)6-1-3-7(4-2-6)14(15)16/h1-4,9-10H,5H2. The fourth-order valence-corrected chi connectivity index (χ4v) is 1.75. The average molecular weight is 275 g/mol. The highest BCUT2D eigenvalue weighted by molar-refractivity contribution is 6.44. The highest BCUT2D eigenvalue weighted by atomic mass is 35.5. The van der Waals surface area contributed by atoms with E-state index in [2.05, 4.69) is 5.16 Å². The normalized spacial score (nSPS) is 19.0. The Kier molecular flexibility index (Phi) is 3.49. The molecule has 1 unspecified atom stereocenters. The first-order valence-corrected chi connectivity index (χ1v) is 5.71. The summed E-state index contributed by atoms with van der Waals surface area (Å²) in [7, 11) is 0. The summed E-state index contributed by atoms with van der Waals surface area (Å²) in [6.07, 6.45) is 0.138. The van der Waals surface area contributed by atoms with Crippen molar-refractivity contribution in [2.45, 2.75) is 17.4 Å². The number of alkyl halides is 2. The molecule has 1 aromatic carbocycles. The Balaban J connectivity index is 2.12. The SMILES string of the molecule is O=[N+]([O-])c1ccc(C2=NOC(C(Cl)Cl)C2)cc1. The summed E-state index contributed by atoms with van der Waals surface area (Å²) in [5.41, 5.74) is 1.50. The van der Waals surface area contributed by atoms with Gasteiger partial charge in [-0.15, -0.1) is 23.2 Å². The molecule has 0 bridgehead atoms. The third-order valence-corrected chi connectivity index (χ3v) is 2.95. The molecule has 1 aromatic rings. The van der Waals surface area contributed by atoms with Gasteiger partial charge in [-0.05, 0) is 17.7 Å². The van der Waals surface area contributed by atoms with Crippen molar-refractivity contribution < 1.29 is 9.76 Å². The zero-order chi connectivity index (χ0) is 12.4. The van der Waals surface area contributed by atoms with Gasteiger partial charge in [-0.1, -0.05) is 5.16 Å². The average Bonchev–Trinajstić information content (AvgIpc) is 2.78. The van der Waals surface area contributed by atoms with E-state index in [4.69, 9.17) is 28.0 Å². The van der Waals surface area contributed by atoms with E-state index in [1.165, 1.54) is 12.1 Å². The van der Waals surface area contributed by atoms with Crippen molar-refractivity contribution >= 4 is 34.6 Å². The molecule has 0 amide bonds. The monoisotopic (exact) mass is 274 g/mol. The number of hydrogen-bond acceptors (Lipinski definition) is 4. The number of halogens is 2. The van der Waals surface area contributed by atoms with Crippen molar-refractivity contribution in [1.82, 2.24) is 0 Å². The quantitative estimate of drug-likeness (QED) is 0.484. The molecule has 0 radical (unpaired) electrons. The van der Waals surface area contributed by atoms with Crippen LogP contribution in [0.1, 0.15) is 12.0 Å². The fourth-order valence-electron chi connectivity index (χ4n) is 1.48. The molecule has 0 aromatic heterocycles. The molecule has 0 fully saturated rings. The highest BCUT2D eigenvalue weighted by Crippen LogP contribution is 2.24. The number of nitrogens with zero attached hydrogens (tertiary/aromatic N) is 2. The number of benzene rings is 1. The van der Waals surface area contributed by atoms with Crippen molar-refractivity contribution in [2.75, 3.05) is 0 Å².